The number of hydrogen-bond donors (Lipinski definition) is 2. The topological polar surface area (TPSA) is 67.0 Å². The molecule has 2 rings (SSSR count). The van der Waals surface area contributed by atoms with E-state index in [2.05, 4.69) is 22.2 Å². The smallest absolute Gasteiger partial charge is 0.246 e. The van der Waals surface area contributed by atoms with Crippen LogP contribution < -0.4 is 5.32 Å². The van der Waals surface area contributed by atoms with Crippen molar-refractivity contribution in [1.82, 2.24) is 15.3 Å². The number of amides is 1. The highest BCUT2D eigenvalue weighted by Gasteiger charge is 2.24. The van der Waals surface area contributed by atoms with E-state index in [1.165, 1.54) is 19.3 Å². The molecule has 1 aromatic heterocycles. The molecule has 1 aliphatic carbocycles. The third kappa shape index (κ3) is 4.35. The molecule has 5 nitrogen and oxygen atoms in total. The SMILES string of the molecule is CCC1CCCCC1OCC(=O)NCc1ncc[nH]1. The molecule has 1 aromatic rings. The fraction of sp³-hybridized carbons (Fsp3) is 0.714. The lowest BCUT2D eigenvalue weighted by molar-refractivity contribution is -0.130. The molecule has 2 N–H and O–H groups in total. The number of nitrogens with zero attached hydrogens (tertiary/aromatic N) is 1. The number of carbonyl (C=O) groups excluding carboxylic acids is 1. The zero-order chi connectivity index (χ0) is 13.5. The molecule has 1 heterocycles. The molecule has 0 aromatic carbocycles. The van der Waals surface area contributed by atoms with Crippen LogP contribution in [0.3, 0.4) is 0 Å². The molecule has 0 bridgehead atoms. The Morgan fingerprint density at radius 3 is 3.11 bits per heavy atom. The maximum Gasteiger partial charge on any atom is 0.246 e. The largest absolute Gasteiger partial charge is 0.368 e. The minimum atomic E-state index is -0.0724. The highest BCUT2D eigenvalue weighted by Crippen LogP contribution is 2.28. The van der Waals surface area contributed by atoms with Crippen molar-refractivity contribution < 1.29 is 9.53 Å². The van der Waals surface area contributed by atoms with Crippen molar-refractivity contribution in [2.24, 2.45) is 5.92 Å². The summed E-state index contributed by atoms with van der Waals surface area (Å²) in [6.07, 6.45) is 9.64. The Morgan fingerprint density at radius 1 is 1.53 bits per heavy atom. The summed E-state index contributed by atoms with van der Waals surface area (Å²) in [5, 5.41) is 2.80. The van der Waals surface area contributed by atoms with Crippen molar-refractivity contribution >= 4 is 5.91 Å². The molecule has 0 radical (unpaired) electrons. The Bertz CT molecular complexity index is 378. The van der Waals surface area contributed by atoms with Gasteiger partial charge in [0.2, 0.25) is 5.91 Å². The van der Waals surface area contributed by atoms with Crippen molar-refractivity contribution in [3.63, 3.8) is 0 Å². The van der Waals surface area contributed by atoms with Gasteiger partial charge in [-0.1, -0.05) is 26.2 Å². The minimum Gasteiger partial charge on any atom is -0.368 e. The summed E-state index contributed by atoms with van der Waals surface area (Å²) >= 11 is 0. The Labute approximate surface area is 114 Å². The molecule has 106 valence electrons. The second-order valence-electron chi connectivity index (χ2n) is 5.11. The molecule has 1 fully saturated rings. The molecule has 19 heavy (non-hydrogen) atoms. The van der Waals surface area contributed by atoms with E-state index < -0.39 is 0 Å². The van der Waals surface area contributed by atoms with E-state index in [0.29, 0.717) is 12.5 Å². The van der Waals surface area contributed by atoms with Crippen molar-refractivity contribution in [1.29, 1.82) is 0 Å². The highest BCUT2D eigenvalue weighted by atomic mass is 16.5. The van der Waals surface area contributed by atoms with Crippen molar-refractivity contribution in [2.75, 3.05) is 6.61 Å². The zero-order valence-corrected chi connectivity index (χ0v) is 11.5. The zero-order valence-electron chi connectivity index (χ0n) is 11.5. The van der Waals surface area contributed by atoms with Gasteiger partial charge in [0, 0.05) is 12.4 Å². The molecule has 5 heteroatoms. The molecule has 0 saturated heterocycles. The van der Waals surface area contributed by atoms with Gasteiger partial charge in [0.1, 0.15) is 12.4 Å². The maximum atomic E-state index is 11.7. The minimum absolute atomic E-state index is 0.0724. The van der Waals surface area contributed by atoms with Gasteiger partial charge in [-0.05, 0) is 18.8 Å². The molecular weight excluding hydrogens is 242 g/mol. The van der Waals surface area contributed by atoms with E-state index in [9.17, 15) is 4.79 Å². The van der Waals surface area contributed by atoms with E-state index in [1.807, 2.05) is 0 Å². The summed E-state index contributed by atoms with van der Waals surface area (Å²) in [7, 11) is 0. The van der Waals surface area contributed by atoms with Crippen molar-refractivity contribution in [3.8, 4) is 0 Å². The number of ether oxygens (including phenoxy) is 1. The Hall–Kier alpha value is -1.36. The van der Waals surface area contributed by atoms with Crippen LogP contribution in [0.5, 0.6) is 0 Å². The number of H-pyrrole nitrogens is 1. The van der Waals surface area contributed by atoms with E-state index >= 15 is 0 Å². The van der Waals surface area contributed by atoms with Crippen LogP contribution in [0.25, 0.3) is 0 Å². The van der Waals surface area contributed by atoms with E-state index in [4.69, 9.17) is 4.74 Å². The number of nitrogens with one attached hydrogen (secondary N) is 2. The van der Waals surface area contributed by atoms with Gasteiger partial charge in [0.05, 0.1) is 12.6 Å². The number of imidazole rings is 1. The Balaban J connectivity index is 1.67. The van der Waals surface area contributed by atoms with Crippen LogP contribution in [0.4, 0.5) is 0 Å². The van der Waals surface area contributed by atoms with Crippen LogP contribution in [0, 0.1) is 5.92 Å². The van der Waals surface area contributed by atoms with Gasteiger partial charge in [-0.15, -0.1) is 0 Å². The summed E-state index contributed by atoms with van der Waals surface area (Å²) in [6, 6.07) is 0. The number of rotatable bonds is 6. The average molecular weight is 265 g/mol. The summed E-state index contributed by atoms with van der Waals surface area (Å²) in [5.74, 6) is 1.31. The van der Waals surface area contributed by atoms with Gasteiger partial charge in [0.25, 0.3) is 0 Å². The summed E-state index contributed by atoms with van der Waals surface area (Å²) in [5.41, 5.74) is 0. The van der Waals surface area contributed by atoms with Crippen LogP contribution in [-0.4, -0.2) is 28.6 Å². The maximum absolute atomic E-state index is 11.7. The summed E-state index contributed by atoms with van der Waals surface area (Å²) < 4.78 is 5.78. The first kappa shape index (κ1) is 14.1. The quantitative estimate of drug-likeness (QED) is 0.827. The molecule has 0 aliphatic heterocycles. The van der Waals surface area contributed by atoms with Crippen molar-refractivity contribution in [3.05, 3.63) is 18.2 Å². The van der Waals surface area contributed by atoms with Gasteiger partial charge in [-0.3, -0.25) is 4.79 Å². The monoisotopic (exact) mass is 265 g/mol. The second-order valence-corrected chi connectivity index (χ2v) is 5.11. The third-order valence-corrected chi connectivity index (χ3v) is 3.80. The third-order valence-electron chi connectivity index (χ3n) is 3.80. The van der Waals surface area contributed by atoms with Crippen LogP contribution in [-0.2, 0) is 16.1 Å². The first-order valence-corrected chi connectivity index (χ1v) is 7.16. The fourth-order valence-corrected chi connectivity index (χ4v) is 2.67. The molecular formula is C14H23N3O2. The molecule has 0 spiro atoms. The van der Waals surface area contributed by atoms with Crippen LogP contribution in [0.15, 0.2) is 12.4 Å². The second kappa shape index (κ2) is 7.28. The molecule has 1 saturated carbocycles. The Kier molecular flexibility index (Phi) is 5.39. The molecule has 2 atom stereocenters. The van der Waals surface area contributed by atoms with Crippen LogP contribution >= 0.6 is 0 Å². The van der Waals surface area contributed by atoms with Gasteiger partial charge in [-0.25, -0.2) is 4.98 Å². The average Bonchev–Trinajstić information content (AvgIpc) is 2.96. The molecule has 1 aliphatic rings. The van der Waals surface area contributed by atoms with Gasteiger partial charge in [-0.2, -0.15) is 0 Å². The van der Waals surface area contributed by atoms with Gasteiger partial charge in [0.15, 0.2) is 0 Å². The molecule has 2 unspecified atom stereocenters. The lowest BCUT2D eigenvalue weighted by Gasteiger charge is -2.30. The lowest BCUT2D eigenvalue weighted by atomic mass is 9.85. The highest BCUT2D eigenvalue weighted by molar-refractivity contribution is 5.77. The Morgan fingerprint density at radius 2 is 2.37 bits per heavy atom. The first-order valence-electron chi connectivity index (χ1n) is 7.16. The summed E-state index contributed by atoms with van der Waals surface area (Å²) in [4.78, 5) is 18.7. The summed E-state index contributed by atoms with van der Waals surface area (Å²) in [6.45, 7) is 2.78. The van der Waals surface area contributed by atoms with E-state index in [1.54, 1.807) is 12.4 Å². The number of aromatic amines is 1. The van der Waals surface area contributed by atoms with Crippen molar-refractivity contribution in [2.45, 2.75) is 51.7 Å². The van der Waals surface area contributed by atoms with Crippen LogP contribution in [0.2, 0.25) is 0 Å². The standard InChI is InChI=1S/C14H23N3O2/c1-2-11-5-3-4-6-12(11)19-10-14(18)17-9-13-15-7-8-16-13/h7-8,11-12H,2-6,9-10H2,1H3,(H,15,16)(H,17,18). The number of carbonyl (C=O) groups is 1. The van der Waals surface area contributed by atoms with E-state index in [-0.39, 0.29) is 18.6 Å². The predicted molar refractivity (Wildman–Crippen MR) is 72.4 cm³/mol. The normalized spacial score (nSPS) is 23.2. The fourth-order valence-electron chi connectivity index (χ4n) is 2.67. The van der Waals surface area contributed by atoms with E-state index in [0.717, 1.165) is 18.7 Å². The first-order chi connectivity index (χ1) is 9.29. The van der Waals surface area contributed by atoms with Gasteiger partial charge >= 0.3 is 0 Å². The van der Waals surface area contributed by atoms with Gasteiger partial charge < -0.3 is 15.0 Å². The lowest BCUT2D eigenvalue weighted by Crippen LogP contribution is -2.33. The number of aromatic nitrogens is 2. The number of hydrogen-bond acceptors (Lipinski definition) is 3. The van der Waals surface area contributed by atoms with Crippen LogP contribution in [0.1, 0.15) is 44.9 Å². The molecule has 1 amide bonds. The predicted octanol–water partition coefficient (Wildman–Crippen LogP) is 2.01.